The summed E-state index contributed by atoms with van der Waals surface area (Å²) in [7, 11) is 0. The molecule has 0 bridgehead atoms. The van der Waals surface area contributed by atoms with Crippen molar-refractivity contribution in [2.45, 2.75) is 19.0 Å². The molecule has 0 spiro atoms. The molecule has 35 heavy (non-hydrogen) atoms. The minimum atomic E-state index is -0.797. The maximum Gasteiger partial charge on any atom is 0.328 e. The van der Waals surface area contributed by atoms with Crippen LogP contribution in [0.3, 0.4) is 0 Å². The van der Waals surface area contributed by atoms with E-state index in [1.807, 2.05) is 60.7 Å². The van der Waals surface area contributed by atoms with Crippen molar-refractivity contribution >= 4 is 23.5 Å². The van der Waals surface area contributed by atoms with Crippen LogP contribution in [0.4, 0.5) is 10.5 Å². The molecule has 0 aromatic heterocycles. The number of imide groups is 1. The SMILES string of the molecule is O=C(CN1C(=O)C(c2ccccc2)N(Cc2ccccc2)C1=O)Nc1ccc2c(c1)OCCCO2. The second-order valence-corrected chi connectivity index (χ2v) is 8.39. The predicted octanol–water partition coefficient (Wildman–Crippen LogP) is 3.99. The molecule has 1 saturated heterocycles. The molecule has 2 aliphatic rings. The summed E-state index contributed by atoms with van der Waals surface area (Å²) in [5.74, 6) is 0.264. The normalized spacial score (nSPS) is 17.3. The summed E-state index contributed by atoms with van der Waals surface area (Å²) in [6.45, 7) is 0.964. The number of hydrogen-bond donors (Lipinski definition) is 1. The number of rotatable bonds is 6. The summed E-state index contributed by atoms with van der Waals surface area (Å²) in [5, 5.41) is 2.76. The summed E-state index contributed by atoms with van der Waals surface area (Å²) in [4.78, 5) is 42.1. The number of carbonyl (C=O) groups excluding carboxylic acids is 3. The Hall–Kier alpha value is -4.33. The molecule has 8 heteroatoms. The molecule has 4 amide bonds. The van der Waals surface area contributed by atoms with Crippen molar-refractivity contribution in [2.24, 2.45) is 0 Å². The number of nitrogens with zero attached hydrogens (tertiary/aromatic N) is 2. The number of ether oxygens (including phenoxy) is 2. The minimum absolute atomic E-state index is 0.255. The van der Waals surface area contributed by atoms with E-state index < -0.39 is 23.9 Å². The second kappa shape index (κ2) is 9.89. The average molecular weight is 472 g/mol. The molecule has 3 aromatic carbocycles. The lowest BCUT2D eigenvalue weighted by atomic mass is 10.1. The van der Waals surface area contributed by atoms with Gasteiger partial charge in [-0.25, -0.2) is 4.79 Å². The summed E-state index contributed by atoms with van der Waals surface area (Å²) in [6.07, 6.45) is 0.775. The number of fused-ring (bicyclic) bond motifs is 1. The number of carbonyl (C=O) groups is 3. The van der Waals surface area contributed by atoms with E-state index in [1.54, 1.807) is 18.2 Å². The van der Waals surface area contributed by atoms with Gasteiger partial charge >= 0.3 is 6.03 Å². The Labute approximate surface area is 203 Å². The van der Waals surface area contributed by atoms with Crippen molar-refractivity contribution in [3.8, 4) is 11.5 Å². The van der Waals surface area contributed by atoms with Gasteiger partial charge in [-0.2, -0.15) is 0 Å². The summed E-state index contributed by atoms with van der Waals surface area (Å²) in [5.41, 5.74) is 2.10. The highest BCUT2D eigenvalue weighted by atomic mass is 16.5. The van der Waals surface area contributed by atoms with Crippen LogP contribution in [0, 0.1) is 0 Å². The van der Waals surface area contributed by atoms with E-state index in [0.29, 0.717) is 36.0 Å². The Bertz CT molecular complexity index is 1230. The van der Waals surface area contributed by atoms with Gasteiger partial charge in [0.25, 0.3) is 5.91 Å². The van der Waals surface area contributed by atoms with Crippen molar-refractivity contribution in [3.05, 3.63) is 90.0 Å². The van der Waals surface area contributed by atoms with Gasteiger partial charge in [-0.1, -0.05) is 60.7 Å². The lowest BCUT2D eigenvalue weighted by molar-refractivity contribution is -0.131. The highest BCUT2D eigenvalue weighted by Crippen LogP contribution is 2.34. The monoisotopic (exact) mass is 471 g/mol. The van der Waals surface area contributed by atoms with Gasteiger partial charge in [-0.15, -0.1) is 0 Å². The Balaban J connectivity index is 1.34. The van der Waals surface area contributed by atoms with E-state index in [9.17, 15) is 14.4 Å². The van der Waals surface area contributed by atoms with E-state index >= 15 is 0 Å². The summed E-state index contributed by atoms with van der Waals surface area (Å²) < 4.78 is 11.3. The molecular weight excluding hydrogens is 446 g/mol. The van der Waals surface area contributed by atoms with Gasteiger partial charge in [0.05, 0.1) is 13.2 Å². The number of nitrogens with one attached hydrogen (secondary N) is 1. The van der Waals surface area contributed by atoms with Crippen molar-refractivity contribution < 1.29 is 23.9 Å². The predicted molar refractivity (Wildman–Crippen MR) is 129 cm³/mol. The molecule has 2 heterocycles. The maximum atomic E-state index is 13.4. The number of amides is 4. The fourth-order valence-corrected chi connectivity index (χ4v) is 4.27. The van der Waals surface area contributed by atoms with Gasteiger partial charge in [0, 0.05) is 24.7 Å². The number of anilines is 1. The molecular formula is C27H25N3O5. The molecule has 0 radical (unpaired) electrons. The smallest absolute Gasteiger partial charge is 0.328 e. The van der Waals surface area contributed by atoms with Crippen LogP contribution in [0.15, 0.2) is 78.9 Å². The second-order valence-electron chi connectivity index (χ2n) is 8.39. The molecule has 1 fully saturated rings. The maximum absolute atomic E-state index is 13.4. The van der Waals surface area contributed by atoms with Crippen LogP contribution in [-0.4, -0.2) is 47.4 Å². The van der Waals surface area contributed by atoms with Gasteiger partial charge in [-0.3, -0.25) is 14.5 Å². The summed E-state index contributed by atoms with van der Waals surface area (Å²) >= 11 is 0. The molecule has 1 N–H and O–H groups in total. The van der Waals surface area contributed by atoms with E-state index in [2.05, 4.69) is 5.32 Å². The van der Waals surface area contributed by atoms with E-state index in [4.69, 9.17) is 9.47 Å². The zero-order valence-electron chi connectivity index (χ0n) is 19.1. The Morgan fingerprint density at radius 1 is 0.886 bits per heavy atom. The van der Waals surface area contributed by atoms with E-state index in [1.165, 1.54) is 4.90 Å². The first kappa shape index (κ1) is 22.5. The highest BCUT2D eigenvalue weighted by molar-refractivity contribution is 6.08. The standard InChI is InChI=1S/C27H25N3O5/c31-24(28-21-12-13-22-23(16-21)35-15-7-14-34-22)18-30-26(32)25(20-10-5-2-6-11-20)29(27(30)33)17-19-8-3-1-4-9-19/h1-6,8-13,16,25H,7,14-15,17-18H2,(H,28,31). The minimum Gasteiger partial charge on any atom is -0.490 e. The van der Waals surface area contributed by atoms with Gasteiger partial charge in [0.15, 0.2) is 11.5 Å². The number of hydrogen-bond acceptors (Lipinski definition) is 5. The third kappa shape index (κ3) is 4.82. The van der Waals surface area contributed by atoms with Crippen molar-refractivity contribution in [1.29, 1.82) is 0 Å². The Kier molecular flexibility index (Phi) is 6.34. The van der Waals surface area contributed by atoms with Crippen LogP contribution in [0.2, 0.25) is 0 Å². The zero-order valence-corrected chi connectivity index (χ0v) is 19.1. The molecule has 0 saturated carbocycles. The first-order valence-corrected chi connectivity index (χ1v) is 11.5. The molecule has 1 atom stereocenters. The third-order valence-electron chi connectivity index (χ3n) is 5.93. The topological polar surface area (TPSA) is 88.2 Å². The van der Waals surface area contributed by atoms with Gasteiger partial charge < -0.3 is 19.7 Å². The lowest BCUT2D eigenvalue weighted by Crippen LogP contribution is -2.38. The fourth-order valence-electron chi connectivity index (χ4n) is 4.27. The van der Waals surface area contributed by atoms with Crippen LogP contribution < -0.4 is 14.8 Å². The summed E-state index contributed by atoms with van der Waals surface area (Å²) in [6, 6.07) is 22.4. The molecule has 1 unspecified atom stereocenters. The van der Waals surface area contributed by atoms with Crippen LogP contribution in [0.5, 0.6) is 11.5 Å². The van der Waals surface area contributed by atoms with Gasteiger partial charge in [0.2, 0.25) is 5.91 Å². The molecule has 2 aliphatic heterocycles. The fraction of sp³-hybridized carbons (Fsp3) is 0.222. The van der Waals surface area contributed by atoms with Crippen molar-refractivity contribution in [3.63, 3.8) is 0 Å². The van der Waals surface area contributed by atoms with E-state index in [0.717, 1.165) is 16.9 Å². The van der Waals surface area contributed by atoms with Crippen LogP contribution in [0.25, 0.3) is 0 Å². The van der Waals surface area contributed by atoms with Crippen molar-refractivity contribution in [2.75, 3.05) is 25.1 Å². The Morgan fingerprint density at radius 2 is 1.57 bits per heavy atom. The van der Waals surface area contributed by atoms with E-state index in [-0.39, 0.29) is 13.1 Å². The molecule has 178 valence electrons. The van der Waals surface area contributed by atoms with Crippen molar-refractivity contribution in [1.82, 2.24) is 9.80 Å². The molecule has 8 nitrogen and oxygen atoms in total. The molecule has 3 aromatic rings. The highest BCUT2D eigenvalue weighted by Gasteiger charge is 2.46. The molecule has 5 rings (SSSR count). The zero-order chi connectivity index (χ0) is 24.2. The van der Waals surface area contributed by atoms with Gasteiger partial charge in [0.1, 0.15) is 12.6 Å². The molecule has 0 aliphatic carbocycles. The third-order valence-corrected chi connectivity index (χ3v) is 5.93. The largest absolute Gasteiger partial charge is 0.490 e. The van der Waals surface area contributed by atoms with Crippen LogP contribution >= 0.6 is 0 Å². The van der Waals surface area contributed by atoms with Gasteiger partial charge in [-0.05, 0) is 23.3 Å². The quantitative estimate of drug-likeness (QED) is 0.549. The van der Waals surface area contributed by atoms with Crippen LogP contribution in [-0.2, 0) is 16.1 Å². The van der Waals surface area contributed by atoms with Crippen LogP contribution in [0.1, 0.15) is 23.6 Å². The number of urea groups is 1. The average Bonchev–Trinajstić information content (AvgIpc) is 3.02. The number of benzene rings is 3. The first-order chi connectivity index (χ1) is 17.1. The first-order valence-electron chi connectivity index (χ1n) is 11.5. The Morgan fingerprint density at radius 3 is 2.31 bits per heavy atom. The lowest BCUT2D eigenvalue weighted by Gasteiger charge is -2.22.